The molecular formula is C16H20N2O. The van der Waals surface area contributed by atoms with E-state index in [0.717, 1.165) is 32.7 Å². The molecule has 3 rings (SSSR count). The first kappa shape index (κ1) is 12.5. The minimum absolute atomic E-state index is 0.587. The number of ether oxygens (including phenoxy) is 1. The molecule has 1 saturated heterocycles. The van der Waals surface area contributed by atoms with E-state index >= 15 is 0 Å². The standard InChI is InChI=1S/C16H20N2O/c17-12-13-6-7-16(15-5-2-1-4-14(13)15)18-8-3-10-19-11-9-18/h1-2,4-7H,3,8-12,17H2. The van der Waals surface area contributed by atoms with E-state index in [4.69, 9.17) is 10.5 Å². The molecule has 19 heavy (non-hydrogen) atoms. The summed E-state index contributed by atoms with van der Waals surface area (Å²) in [4.78, 5) is 2.43. The molecular weight excluding hydrogens is 236 g/mol. The minimum Gasteiger partial charge on any atom is -0.380 e. The fourth-order valence-corrected chi connectivity index (χ4v) is 2.79. The number of hydrogen-bond donors (Lipinski definition) is 1. The van der Waals surface area contributed by atoms with Crippen LogP contribution in [-0.2, 0) is 11.3 Å². The predicted octanol–water partition coefficient (Wildman–Crippen LogP) is 2.53. The van der Waals surface area contributed by atoms with E-state index in [9.17, 15) is 0 Å². The van der Waals surface area contributed by atoms with Crippen molar-refractivity contribution in [2.24, 2.45) is 5.73 Å². The second-order valence-corrected chi connectivity index (χ2v) is 4.95. The van der Waals surface area contributed by atoms with Gasteiger partial charge in [0.05, 0.1) is 6.61 Å². The third-order valence-corrected chi connectivity index (χ3v) is 3.77. The zero-order chi connectivity index (χ0) is 13.1. The Balaban J connectivity index is 2.08. The van der Waals surface area contributed by atoms with Crippen molar-refractivity contribution in [3.63, 3.8) is 0 Å². The number of benzene rings is 2. The normalized spacial score (nSPS) is 16.6. The van der Waals surface area contributed by atoms with Crippen LogP contribution in [0.3, 0.4) is 0 Å². The topological polar surface area (TPSA) is 38.5 Å². The molecule has 0 aromatic heterocycles. The molecule has 0 radical (unpaired) electrons. The maximum Gasteiger partial charge on any atom is 0.0641 e. The molecule has 0 aliphatic carbocycles. The highest BCUT2D eigenvalue weighted by atomic mass is 16.5. The van der Waals surface area contributed by atoms with Crippen molar-refractivity contribution in [3.05, 3.63) is 42.0 Å². The van der Waals surface area contributed by atoms with Crippen LogP contribution in [0.4, 0.5) is 5.69 Å². The molecule has 2 N–H and O–H groups in total. The summed E-state index contributed by atoms with van der Waals surface area (Å²) in [5.74, 6) is 0. The van der Waals surface area contributed by atoms with Crippen molar-refractivity contribution in [3.8, 4) is 0 Å². The van der Waals surface area contributed by atoms with E-state index in [0.29, 0.717) is 6.54 Å². The largest absolute Gasteiger partial charge is 0.380 e. The molecule has 1 aliphatic heterocycles. The lowest BCUT2D eigenvalue weighted by atomic mass is 10.0. The third kappa shape index (κ3) is 2.44. The minimum atomic E-state index is 0.587. The van der Waals surface area contributed by atoms with Crippen LogP contribution in [0, 0.1) is 0 Å². The fourth-order valence-electron chi connectivity index (χ4n) is 2.79. The van der Waals surface area contributed by atoms with E-state index < -0.39 is 0 Å². The zero-order valence-corrected chi connectivity index (χ0v) is 11.1. The third-order valence-electron chi connectivity index (χ3n) is 3.77. The lowest BCUT2D eigenvalue weighted by Gasteiger charge is -2.24. The summed E-state index contributed by atoms with van der Waals surface area (Å²) in [5, 5.41) is 2.57. The average Bonchev–Trinajstić information content (AvgIpc) is 2.75. The van der Waals surface area contributed by atoms with Crippen LogP contribution in [-0.4, -0.2) is 26.3 Å². The molecule has 0 unspecified atom stereocenters. The van der Waals surface area contributed by atoms with Crippen molar-refractivity contribution in [1.29, 1.82) is 0 Å². The van der Waals surface area contributed by atoms with E-state index in [1.54, 1.807) is 0 Å². The highest BCUT2D eigenvalue weighted by molar-refractivity contribution is 5.96. The lowest BCUT2D eigenvalue weighted by Crippen LogP contribution is -2.26. The van der Waals surface area contributed by atoms with Gasteiger partial charge in [-0.05, 0) is 23.4 Å². The first-order valence-corrected chi connectivity index (χ1v) is 6.93. The second kappa shape index (κ2) is 5.59. The summed E-state index contributed by atoms with van der Waals surface area (Å²) in [5.41, 5.74) is 8.35. The van der Waals surface area contributed by atoms with Crippen LogP contribution < -0.4 is 10.6 Å². The van der Waals surface area contributed by atoms with Gasteiger partial charge in [0.1, 0.15) is 0 Å². The molecule has 0 bridgehead atoms. The van der Waals surface area contributed by atoms with Gasteiger partial charge in [0, 0.05) is 37.3 Å². The van der Waals surface area contributed by atoms with E-state index in [1.807, 2.05) is 0 Å². The van der Waals surface area contributed by atoms with Gasteiger partial charge >= 0.3 is 0 Å². The van der Waals surface area contributed by atoms with Gasteiger partial charge in [0.25, 0.3) is 0 Å². The molecule has 1 aliphatic rings. The monoisotopic (exact) mass is 256 g/mol. The SMILES string of the molecule is NCc1ccc(N2CCCOCC2)c2ccccc12. The molecule has 2 aromatic rings. The van der Waals surface area contributed by atoms with Gasteiger partial charge in [0.2, 0.25) is 0 Å². The molecule has 1 fully saturated rings. The summed E-state index contributed by atoms with van der Waals surface area (Å²) >= 11 is 0. The van der Waals surface area contributed by atoms with Crippen LogP contribution in [0.2, 0.25) is 0 Å². The van der Waals surface area contributed by atoms with Crippen LogP contribution in [0.1, 0.15) is 12.0 Å². The summed E-state index contributed by atoms with van der Waals surface area (Å²) in [6, 6.07) is 12.9. The molecule has 0 atom stereocenters. The van der Waals surface area contributed by atoms with Crippen LogP contribution in [0.5, 0.6) is 0 Å². The summed E-state index contributed by atoms with van der Waals surface area (Å²) in [7, 11) is 0. The number of anilines is 1. The fraction of sp³-hybridized carbons (Fsp3) is 0.375. The Hall–Kier alpha value is -1.58. The second-order valence-electron chi connectivity index (χ2n) is 4.95. The molecule has 3 nitrogen and oxygen atoms in total. The van der Waals surface area contributed by atoms with E-state index in [1.165, 1.54) is 22.0 Å². The molecule has 0 amide bonds. The van der Waals surface area contributed by atoms with E-state index in [2.05, 4.69) is 41.3 Å². The van der Waals surface area contributed by atoms with E-state index in [-0.39, 0.29) is 0 Å². The van der Waals surface area contributed by atoms with Crippen LogP contribution >= 0.6 is 0 Å². The summed E-state index contributed by atoms with van der Waals surface area (Å²) < 4.78 is 5.54. The number of nitrogens with two attached hydrogens (primary N) is 1. The van der Waals surface area contributed by atoms with Crippen molar-refractivity contribution in [2.45, 2.75) is 13.0 Å². The Morgan fingerprint density at radius 3 is 2.68 bits per heavy atom. The Morgan fingerprint density at radius 1 is 1.00 bits per heavy atom. The summed E-state index contributed by atoms with van der Waals surface area (Å²) in [6.45, 7) is 4.30. The lowest BCUT2D eigenvalue weighted by molar-refractivity contribution is 0.152. The molecule has 100 valence electrons. The average molecular weight is 256 g/mol. The Labute approximate surface area is 114 Å². The number of fused-ring (bicyclic) bond motifs is 1. The van der Waals surface area contributed by atoms with Crippen molar-refractivity contribution < 1.29 is 4.74 Å². The van der Waals surface area contributed by atoms with Crippen molar-refractivity contribution >= 4 is 16.5 Å². The molecule has 2 aromatic carbocycles. The van der Waals surface area contributed by atoms with Gasteiger partial charge in [0.15, 0.2) is 0 Å². The quantitative estimate of drug-likeness (QED) is 0.897. The maximum atomic E-state index is 5.84. The zero-order valence-electron chi connectivity index (χ0n) is 11.1. The maximum absolute atomic E-state index is 5.84. The molecule has 0 saturated carbocycles. The van der Waals surface area contributed by atoms with Crippen molar-refractivity contribution in [2.75, 3.05) is 31.2 Å². The number of hydrogen-bond acceptors (Lipinski definition) is 3. The molecule has 1 heterocycles. The Morgan fingerprint density at radius 2 is 1.84 bits per heavy atom. The van der Waals surface area contributed by atoms with Gasteiger partial charge in [-0.15, -0.1) is 0 Å². The Bertz CT molecular complexity index is 560. The molecule has 3 heteroatoms. The van der Waals surface area contributed by atoms with Gasteiger partial charge in [-0.25, -0.2) is 0 Å². The number of rotatable bonds is 2. The highest BCUT2D eigenvalue weighted by Crippen LogP contribution is 2.29. The Kier molecular flexibility index (Phi) is 3.67. The first-order chi connectivity index (χ1) is 9.40. The van der Waals surface area contributed by atoms with Gasteiger partial charge < -0.3 is 15.4 Å². The highest BCUT2D eigenvalue weighted by Gasteiger charge is 2.13. The smallest absolute Gasteiger partial charge is 0.0641 e. The molecule has 0 spiro atoms. The number of nitrogens with zero attached hydrogens (tertiary/aromatic N) is 1. The van der Waals surface area contributed by atoms with Gasteiger partial charge in [-0.3, -0.25) is 0 Å². The van der Waals surface area contributed by atoms with Crippen LogP contribution in [0.15, 0.2) is 36.4 Å². The predicted molar refractivity (Wildman–Crippen MR) is 79.5 cm³/mol. The first-order valence-electron chi connectivity index (χ1n) is 6.93. The van der Waals surface area contributed by atoms with Gasteiger partial charge in [-0.2, -0.15) is 0 Å². The summed E-state index contributed by atoms with van der Waals surface area (Å²) in [6.07, 6.45) is 1.09. The van der Waals surface area contributed by atoms with Crippen molar-refractivity contribution in [1.82, 2.24) is 0 Å². The van der Waals surface area contributed by atoms with Gasteiger partial charge in [-0.1, -0.05) is 30.3 Å². The van der Waals surface area contributed by atoms with Crippen LogP contribution in [0.25, 0.3) is 10.8 Å².